The van der Waals surface area contributed by atoms with Crippen molar-refractivity contribution >= 4 is 21.6 Å². The number of pyridine rings is 1. The Balaban J connectivity index is 1.91. The number of carbonyl (C=O) groups excluding carboxylic acids is 1. The number of nitrogens with zero attached hydrogens (tertiary/aromatic N) is 3. The second-order valence-electron chi connectivity index (χ2n) is 7.02. The van der Waals surface area contributed by atoms with Gasteiger partial charge in [-0.2, -0.15) is 0 Å². The lowest BCUT2D eigenvalue weighted by Gasteiger charge is -2.21. The van der Waals surface area contributed by atoms with Crippen molar-refractivity contribution in [3.8, 4) is 0 Å². The molecule has 3 rings (SSSR count). The van der Waals surface area contributed by atoms with Crippen molar-refractivity contribution in [1.82, 2.24) is 19.0 Å². The van der Waals surface area contributed by atoms with Crippen LogP contribution in [0.3, 0.4) is 0 Å². The first-order chi connectivity index (χ1) is 12.2. The molecule has 140 valence electrons. The first kappa shape index (κ1) is 18.5. The maximum atomic E-state index is 12.9. The van der Waals surface area contributed by atoms with E-state index in [9.17, 15) is 18.0 Å². The Morgan fingerprint density at radius 3 is 2.69 bits per heavy atom. The van der Waals surface area contributed by atoms with Crippen LogP contribution in [0.25, 0.3) is 5.65 Å². The van der Waals surface area contributed by atoms with Gasteiger partial charge in [0.15, 0.2) is 0 Å². The summed E-state index contributed by atoms with van der Waals surface area (Å²) >= 11 is 0. The molecule has 2 aromatic rings. The Labute approximate surface area is 151 Å². The van der Waals surface area contributed by atoms with E-state index in [0.29, 0.717) is 12.2 Å². The van der Waals surface area contributed by atoms with Crippen LogP contribution in [0.2, 0.25) is 0 Å². The van der Waals surface area contributed by atoms with Crippen LogP contribution in [-0.4, -0.2) is 54.0 Å². The van der Waals surface area contributed by atoms with Crippen LogP contribution in [0, 0.1) is 11.8 Å². The summed E-state index contributed by atoms with van der Waals surface area (Å²) in [4.78, 5) is 31.2. The maximum absolute atomic E-state index is 12.9. The zero-order valence-electron chi connectivity index (χ0n) is 14.9. The lowest BCUT2D eigenvalue weighted by molar-refractivity contribution is 0.0780. The van der Waals surface area contributed by atoms with Crippen molar-refractivity contribution in [2.24, 2.45) is 11.8 Å². The molecule has 2 atom stereocenters. The van der Waals surface area contributed by atoms with Crippen LogP contribution >= 0.6 is 0 Å². The molecule has 1 saturated heterocycles. The Hall–Kier alpha value is -2.26. The van der Waals surface area contributed by atoms with Crippen LogP contribution in [0.15, 0.2) is 35.4 Å². The van der Waals surface area contributed by atoms with Gasteiger partial charge in [-0.05, 0) is 24.0 Å². The Morgan fingerprint density at radius 1 is 1.31 bits per heavy atom. The Morgan fingerprint density at radius 2 is 2.04 bits per heavy atom. The van der Waals surface area contributed by atoms with Crippen LogP contribution in [0.4, 0.5) is 0 Å². The van der Waals surface area contributed by atoms with Crippen molar-refractivity contribution < 1.29 is 13.2 Å². The highest BCUT2D eigenvalue weighted by Gasteiger charge is 2.39. The molecule has 0 aromatic carbocycles. The first-order valence-electron chi connectivity index (χ1n) is 8.40. The summed E-state index contributed by atoms with van der Waals surface area (Å²) in [5, 5.41) is 0. The Bertz CT molecular complexity index is 999. The molecule has 1 aliphatic heterocycles. The fourth-order valence-corrected chi connectivity index (χ4v) is 4.21. The zero-order chi connectivity index (χ0) is 19.1. The highest BCUT2D eigenvalue weighted by atomic mass is 32.2. The largest absolute Gasteiger partial charge is 0.336 e. The van der Waals surface area contributed by atoms with E-state index >= 15 is 0 Å². The number of aromatic nitrogens is 2. The summed E-state index contributed by atoms with van der Waals surface area (Å²) in [6.45, 7) is 4.59. The molecule has 0 spiro atoms. The van der Waals surface area contributed by atoms with Crippen LogP contribution in [0.1, 0.15) is 24.2 Å². The molecule has 0 bridgehead atoms. The summed E-state index contributed by atoms with van der Waals surface area (Å²) in [7, 11) is -3.39. The predicted molar refractivity (Wildman–Crippen MR) is 97.5 cm³/mol. The molecular weight excluding hydrogens is 356 g/mol. The molecule has 9 heteroatoms. The first-order valence-corrected chi connectivity index (χ1v) is 10.3. The van der Waals surface area contributed by atoms with Crippen molar-refractivity contribution in [1.29, 1.82) is 0 Å². The predicted octanol–water partition coefficient (Wildman–Crippen LogP) is 0.340. The van der Waals surface area contributed by atoms with Crippen LogP contribution < -0.4 is 10.3 Å². The average Bonchev–Trinajstić information content (AvgIpc) is 2.97. The topological polar surface area (TPSA) is 101 Å². The summed E-state index contributed by atoms with van der Waals surface area (Å²) in [6.07, 6.45) is 3.96. The number of fused-ring (bicyclic) bond motifs is 1. The number of rotatable bonds is 4. The number of hydrogen-bond acceptors (Lipinski definition) is 5. The van der Waals surface area contributed by atoms with Crippen LogP contribution in [-0.2, 0) is 10.0 Å². The standard InChI is InChI=1S/C17H22N4O4S/c1-11(2)13-9-20(10-14(13)19-26(3,24)25)16(22)12-8-18-15-6-4-5-7-21(15)17(12)23/h4-8,11,13-14,19H,9-10H2,1-3H3. The molecule has 1 fully saturated rings. The molecule has 0 saturated carbocycles. The second-order valence-corrected chi connectivity index (χ2v) is 8.80. The third kappa shape index (κ3) is 3.63. The van der Waals surface area contributed by atoms with Gasteiger partial charge in [-0.1, -0.05) is 19.9 Å². The lowest BCUT2D eigenvalue weighted by atomic mass is 9.92. The highest BCUT2D eigenvalue weighted by Crippen LogP contribution is 2.25. The number of sulfonamides is 1. The van der Waals surface area contributed by atoms with Gasteiger partial charge < -0.3 is 4.90 Å². The molecule has 1 aliphatic rings. The van der Waals surface area contributed by atoms with E-state index in [1.165, 1.54) is 15.5 Å². The number of amides is 1. The van der Waals surface area contributed by atoms with E-state index in [2.05, 4.69) is 9.71 Å². The number of hydrogen-bond donors (Lipinski definition) is 1. The van der Waals surface area contributed by atoms with E-state index in [4.69, 9.17) is 0 Å². The fraction of sp³-hybridized carbons (Fsp3) is 0.471. The van der Waals surface area contributed by atoms with Crippen LogP contribution in [0.5, 0.6) is 0 Å². The molecule has 3 heterocycles. The summed E-state index contributed by atoms with van der Waals surface area (Å²) in [6, 6.07) is 4.77. The van der Waals surface area contributed by atoms with Gasteiger partial charge in [0.2, 0.25) is 10.0 Å². The molecule has 2 unspecified atom stereocenters. The number of likely N-dealkylation sites (tertiary alicyclic amines) is 1. The fourth-order valence-electron chi connectivity index (χ4n) is 3.41. The molecule has 0 radical (unpaired) electrons. The summed E-state index contributed by atoms with van der Waals surface area (Å²) in [5.74, 6) is -0.267. The second kappa shape index (κ2) is 6.81. The van der Waals surface area contributed by atoms with E-state index in [1.54, 1.807) is 24.4 Å². The van der Waals surface area contributed by atoms with Gasteiger partial charge in [0.05, 0.1) is 6.26 Å². The molecule has 0 aliphatic carbocycles. The minimum atomic E-state index is -3.39. The molecule has 26 heavy (non-hydrogen) atoms. The zero-order valence-corrected chi connectivity index (χ0v) is 15.7. The minimum absolute atomic E-state index is 0.0174. The lowest BCUT2D eigenvalue weighted by Crippen LogP contribution is -2.42. The molecule has 1 N–H and O–H groups in total. The molecule has 1 amide bonds. The summed E-state index contributed by atoms with van der Waals surface area (Å²) < 4.78 is 27.2. The monoisotopic (exact) mass is 378 g/mol. The van der Waals surface area contributed by atoms with Crippen molar-refractivity contribution in [2.45, 2.75) is 19.9 Å². The third-order valence-electron chi connectivity index (χ3n) is 4.72. The molecular formula is C17H22N4O4S. The van der Waals surface area contributed by atoms with Crippen molar-refractivity contribution in [2.75, 3.05) is 19.3 Å². The third-order valence-corrected chi connectivity index (χ3v) is 5.45. The van der Waals surface area contributed by atoms with Gasteiger partial charge >= 0.3 is 0 Å². The van der Waals surface area contributed by atoms with Gasteiger partial charge in [0, 0.05) is 31.5 Å². The van der Waals surface area contributed by atoms with E-state index in [1.807, 2.05) is 13.8 Å². The maximum Gasteiger partial charge on any atom is 0.270 e. The van der Waals surface area contributed by atoms with Gasteiger partial charge in [0.25, 0.3) is 11.5 Å². The van der Waals surface area contributed by atoms with E-state index in [0.717, 1.165) is 6.26 Å². The Kier molecular flexibility index (Phi) is 4.85. The number of nitrogens with one attached hydrogen (secondary N) is 1. The van der Waals surface area contributed by atoms with E-state index in [-0.39, 0.29) is 30.0 Å². The van der Waals surface area contributed by atoms with Gasteiger partial charge in [-0.3, -0.25) is 14.0 Å². The summed E-state index contributed by atoms with van der Waals surface area (Å²) in [5.41, 5.74) is 0.0181. The molecule has 2 aromatic heterocycles. The van der Waals surface area contributed by atoms with Crippen molar-refractivity contribution in [3.05, 3.63) is 46.5 Å². The van der Waals surface area contributed by atoms with Gasteiger partial charge in [-0.15, -0.1) is 0 Å². The smallest absolute Gasteiger partial charge is 0.270 e. The highest BCUT2D eigenvalue weighted by molar-refractivity contribution is 7.88. The van der Waals surface area contributed by atoms with Gasteiger partial charge in [-0.25, -0.2) is 18.1 Å². The minimum Gasteiger partial charge on any atom is -0.336 e. The quantitative estimate of drug-likeness (QED) is 0.827. The SMILES string of the molecule is CC(C)C1CN(C(=O)c2cnc3ccccn3c2=O)CC1NS(C)(=O)=O. The number of carbonyl (C=O) groups is 1. The van der Waals surface area contributed by atoms with Gasteiger partial charge in [0.1, 0.15) is 11.2 Å². The van der Waals surface area contributed by atoms with Crippen molar-refractivity contribution in [3.63, 3.8) is 0 Å². The normalized spacial score (nSPS) is 20.8. The molecule has 8 nitrogen and oxygen atoms in total. The van der Waals surface area contributed by atoms with E-state index < -0.39 is 21.5 Å². The average molecular weight is 378 g/mol.